The van der Waals surface area contributed by atoms with Gasteiger partial charge in [-0.25, -0.2) is 38.5 Å². The van der Waals surface area contributed by atoms with E-state index >= 15 is 0 Å². The number of nitrogens with one attached hydrogen (secondary N) is 2. The second-order valence-corrected chi connectivity index (χ2v) is 12.1. The monoisotopic (exact) mass is 800 g/mol. The van der Waals surface area contributed by atoms with E-state index in [1.165, 1.54) is 86.9 Å². The third-order valence-electron chi connectivity index (χ3n) is 7.26. The summed E-state index contributed by atoms with van der Waals surface area (Å²) >= 11 is 0. The van der Waals surface area contributed by atoms with Gasteiger partial charge in [-0.15, -0.1) is 0 Å². The predicted molar refractivity (Wildman–Crippen MR) is 198 cm³/mol. The van der Waals surface area contributed by atoms with E-state index in [1.54, 1.807) is 27.7 Å². The lowest BCUT2D eigenvalue weighted by atomic mass is 9.99. The minimum atomic E-state index is -1.45. The Labute approximate surface area is 330 Å². The zero-order chi connectivity index (χ0) is 42.5. The third-order valence-corrected chi connectivity index (χ3v) is 7.26. The van der Waals surface area contributed by atoms with E-state index in [-0.39, 0.29) is 33.8 Å². The summed E-state index contributed by atoms with van der Waals surface area (Å²) in [7, 11) is 2.42. The molecule has 0 saturated carbocycles. The fourth-order valence-corrected chi connectivity index (χ4v) is 4.82. The van der Waals surface area contributed by atoms with Crippen molar-refractivity contribution in [1.82, 2.24) is 10.6 Å². The van der Waals surface area contributed by atoms with Crippen molar-refractivity contribution in [2.45, 2.75) is 39.9 Å². The molecule has 0 aliphatic heterocycles. The minimum Gasteiger partial charge on any atom is -0.431 e. The molecular weight excluding hydrogens is 764 g/mol. The molecule has 4 aromatic carbocycles. The molecule has 0 aromatic heterocycles. The van der Waals surface area contributed by atoms with E-state index in [0.717, 1.165) is 12.1 Å². The van der Waals surface area contributed by atoms with Crippen LogP contribution in [0.4, 0.5) is 19.2 Å². The number of hydrogen-bond acceptors (Lipinski definition) is 16. The van der Waals surface area contributed by atoms with Crippen LogP contribution in [-0.2, 0) is 19.2 Å². The van der Waals surface area contributed by atoms with E-state index in [1.807, 2.05) is 0 Å². The molecule has 0 saturated heterocycles. The van der Waals surface area contributed by atoms with Gasteiger partial charge in [-0.1, -0.05) is 36.4 Å². The Morgan fingerprint density at radius 2 is 0.759 bits per heavy atom. The van der Waals surface area contributed by atoms with Crippen LogP contribution < -0.4 is 29.6 Å². The third kappa shape index (κ3) is 10.9. The van der Waals surface area contributed by atoms with Crippen molar-refractivity contribution >= 4 is 48.0 Å². The number of para-hydroxylation sites is 4. The van der Waals surface area contributed by atoms with Crippen LogP contribution in [0.3, 0.4) is 0 Å². The van der Waals surface area contributed by atoms with Gasteiger partial charge in [-0.2, -0.15) is 0 Å². The summed E-state index contributed by atoms with van der Waals surface area (Å²) in [6.45, 7) is 6.36. The molecule has 0 aliphatic carbocycles. The van der Waals surface area contributed by atoms with Gasteiger partial charge in [0, 0.05) is 14.1 Å². The van der Waals surface area contributed by atoms with Gasteiger partial charge in [0.15, 0.2) is 11.5 Å². The Bertz CT molecular complexity index is 2090. The normalized spacial score (nSPS) is 10.4. The van der Waals surface area contributed by atoms with Crippen molar-refractivity contribution in [3.05, 3.63) is 118 Å². The molecular formula is C40H36N2O16. The lowest BCUT2D eigenvalue weighted by Gasteiger charge is -2.15. The summed E-state index contributed by atoms with van der Waals surface area (Å²) < 4.78 is 31.0. The molecule has 0 bridgehead atoms. The second-order valence-electron chi connectivity index (χ2n) is 12.1. The second kappa shape index (κ2) is 19.7. The summed E-state index contributed by atoms with van der Waals surface area (Å²) in [6.07, 6.45) is -5.50. The Morgan fingerprint density at radius 1 is 0.431 bits per heavy atom. The Hall–Kier alpha value is -7.76. The summed E-state index contributed by atoms with van der Waals surface area (Å²) in [5, 5.41) is 4.37. The van der Waals surface area contributed by atoms with Gasteiger partial charge >= 0.3 is 36.4 Å². The summed E-state index contributed by atoms with van der Waals surface area (Å²) in [4.78, 5) is 114. The highest BCUT2D eigenvalue weighted by atomic mass is 17.2. The molecule has 18 nitrogen and oxygen atoms in total. The van der Waals surface area contributed by atoms with Crippen LogP contribution in [0.15, 0.2) is 84.9 Å². The zero-order valence-electron chi connectivity index (χ0n) is 31.8. The van der Waals surface area contributed by atoms with Gasteiger partial charge in [0.05, 0.1) is 34.5 Å². The highest BCUT2D eigenvalue weighted by Crippen LogP contribution is 2.33. The van der Waals surface area contributed by atoms with Crippen LogP contribution in [0.2, 0.25) is 0 Å². The largest absolute Gasteiger partial charge is 0.514 e. The Balaban J connectivity index is 1.67. The first-order valence-electron chi connectivity index (χ1n) is 17.2. The molecule has 18 heteroatoms. The average Bonchev–Trinajstić information content (AvgIpc) is 3.19. The minimum absolute atomic E-state index is 0.190. The maximum absolute atomic E-state index is 13.9. The van der Waals surface area contributed by atoms with Crippen LogP contribution in [0.25, 0.3) is 0 Å². The van der Waals surface area contributed by atoms with Crippen molar-refractivity contribution in [1.29, 1.82) is 0 Å². The first kappa shape index (κ1) is 43.0. The number of carbonyl (C=O) groups is 8. The van der Waals surface area contributed by atoms with E-state index in [0.29, 0.717) is 0 Å². The van der Waals surface area contributed by atoms with Crippen LogP contribution in [-0.4, -0.2) is 74.3 Å². The Kier molecular flexibility index (Phi) is 14.6. The summed E-state index contributed by atoms with van der Waals surface area (Å²) in [5.41, 5.74) is -2.32. The predicted octanol–water partition coefficient (Wildman–Crippen LogP) is 6.36. The quantitative estimate of drug-likeness (QED) is 0.0521. The summed E-state index contributed by atoms with van der Waals surface area (Å²) in [5.74, 6) is -6.36. The number of hydrogen-bond donors (Lipinski definition) is 2. The maximum Gasteiger partial charge on any atom is 0.514 e. The molecule has 0 radical (unpaired) electrons. The smallest absolute Gasteiger partial charge is 0.431 e. The molecule has 2 N–H and O–H groups in total. The molecule has 4 rings (SSSR count). The molecule has 58 heavy (non-hydrogen) atoms. The van der Waals surface area contributed by atoms with Crippen molar-refractivity contribution < 1.29 is 76.6 Å². The molecule has 0 spiro atoms. The van der Waals surface area contributed by atoms with Crippen LogP contribution in [0, 0.1) is 0 Å². The lowest BCUT2D eigenvalue weighted by molar-refractivity contribution is -0.187. The maximum atomic E-state index is 13.9. The summed E-state index contributed by atoms with van der Waals surface area (Å²) in [6, 6.07) is 18.2. The van der Waals surface area contributed by atoms with Crippen molar-refractivity contribution in [2.24, 2.45) is 0 Å². The first-order chi connectivity index (χ1) is 27.6. The molecule has 302 valence electrons. The molecule has 0 heterocycles. The van der Waals surface area contributed by atoms with Gasteiger partial charge in [0.2, 0.25) is 11.6 Å². The van der Waals surface area contributed by atoms with Crippen LogP contribution in [0.1, 0.15) is 80.3 Å². The van der Waals surface area contributed by atoms with Gasteiger partial charge in [0.1, 0.15) is 22.6 Å². The zero-order valence-corrected chi connectivity index (χ0v) is 31.8. The number of ketones is 2. The van der Waals surface area contributed by atoms with Crippen molar-refractivity contribution in [2.75, 3.05) is 14.1 Å². The van der Waals surface area contributed by atoms with Gasteiger partial charge in [0.25, 0.3) is 0 Å². The van der Waals surface area contributed by atoms with E-state index in [4.69, 9.17) is 38.2 Å². The highest BCUT2D eigenvalue weighted by Gasteiger charge is 2.30. The van der Waals surface area contributed by atoms with Gasteiger partial charge < -0.3 is 39.1 Å². The SMILES string of the molecule is CNC(=O)Oc1c(C(=O)OOC(=O)c2cccc(C(=O)c3ccccc3OC(=O)OC(C)C)c2OC(=O)NC)cccc1C(=O)c1ccccc1OC(=O)OC(C)C. The van der Waals surface area contributed by atoms with Gasteiger partial charge in [-0.3, -0.25) is 9.59 Å². The highest BCUT2D eigenvalue weighted by molar-refractivity contribution is 6.15. The fourth-order valence-electron chi connectivity index (χ4n) is 4.82. The number of carbonyl (C=O) groups excluding carboxylic acids is 8. The van der Waals surface area contributed by atoms with E-state index < -0.39 is 82.8 Å². The van der Waals surface area contributed by atoms with Gasteiger partial charge in [-0.05, 0) is 76.2 Å². The van der Waals surface area contributed by atoms with Crippen LogP contribution >= 0.6 is 0 Å². The number of ether oxygens (including phenoxy) is 6. The standard InChI is InChI=1S/C40H36N2O16/c1-21(2)51-39(49)53-29-19-9-7-13-23(29)31(43)25-15-11-17-27(33(25)55-37(47)41-5)35(45)57-58-36(46)28-18-12-16-26(34(28)56-38(48)42-6)32(44)24-14-8-10-20-30(24)54-40(50)52-22(3)4/h7-22H,1-6H3,(H,41,47)(H,42,48). The number of rotatable bonds is 12. The first-order valence-corrected chi connectivity index (χ1v) is 17.2. The van der Waals surface area contributed by atoms with E-state index in [9.17, 15) is 38.4 Å². The number of benzene rings is 4. The molecule has 0 aliphatic rings. The van der Waals surface area contributed by atoms with Crippen molar-refractivity contribution in [3.8, 4) is 23.0 Å². The fraction of sp³-hybridized carbons (Fsp3) is 0.200. The average molecular weight is 801 g/mol. The van der Waals surface area contributed by atoms with E-state index in [2.05, 4.69) is 10.6 Å². The van der Waals surface area contributed by atoms with Crippen LogP contribution in [0.5, 0.6) is 23.0 Å². The molecule has 0 fully saturated rings. The Morgan fingerprint density at radius 3 is 1.10 bits per heavy atom. The molecule has 0 atom stereocenters. The topological polar surface area (TPSA) is 234 Å². The molecule has 2 amide bonds. The molecule has 4 aromatic rings. The van der Waals surface area contributed by atoms with Crippen molar-refractivity contribution in [3.63, 3.8) is 0 Å². The molecule has 0 unspecified atom stereocenters. The number of amides is 2. The lowest BCUT2D eigenvalue weighted by Crippen LogP contribution is -2.25.